The van der Waals surface area contributed by atoms with Crippen molar-refractivity contribution in [2.45, 2.75) is 6.92 Å². The van der Waals surface area contributed by atoms with Gasteiger partial charge < -0.3 is 20.8 Å². The highest BCUT2D eigenvalue weighted by Gasteiger charge is 2.22. The van der Waals surface area contributed by atoms with E-state index in [-0.39, 0.29) is 5.82 Å². The smallest absolute Gasteiger partial charge is 0.238 e. The minimum absolute atomic E-state index is 0.252. The molecule has 5 nitrogen and oxygen atoms in total. The van der Waals surface area contributed by atoms with Crippen molar-refractivity contribution in [2.24, 2.45) is 0 Å². The topological polar surface area (TPSA) is 75.2 Å². The van der Waals surface area contributed by atoms with E-state index in [1.54, 1.807) is 25.1 Å². The number of anilines is 2. The van der Waals surface area contributed by atoms with Crippen LogP contribution in [0.2, 0.25) is 0 Å². The number of pyridine rings is 1. The summed E-state index contributed by atoms with van der Waals surface area (Å²) >= 11 is 0. The molecule has 3 aromatic rings. The number of aryl methyl sites for hydroxylation is 1. The molecule has 0 saturated heterocycles. The fourth-order valence-corrected chi connectivity index (χ4v) is 3.36. The first kappa shape index (κ1) is 18.0. The molecule has 0 bridgehead atoms. The van der Waals surface area contributed by atoms with Crippen molar-refractivity contribution in [3.63, 3.8) is 0 Å². The predicted molar refractivity (Wildman–Crippen MR) is 111 cm³/mol. The Morgan fingerprint density at radius 2 is 1.96 bits per heavy atom. The van der Waals surface area contributed by atoms with Gasteiger partial charge in [-0.1, -0.05) is 6.07 Å². The van der Waals surface area contributed by atoms with Gasteiger partial charge in [0.15, 0.2) is 0 Å². The molecule has 142 valence electrons. The molecule has 0 fully saturated rings. The second-order valence-corrected chi connectivity index (χ2v) is 6.93. The lowest BCUT2D eigenvalue weighted by atomic mass is 9.96. The molecule has 3 N–H and O–H groups in total. The molecule has 2 heterocycles. The van der Waals surface area contributed by atoms with Crippen molar-refractivity contribution in [3.05, 3.63) is 59.4 Å². The third kappa shape index (κ3) is 3.07. The van der Waals surface area contributed by atoms with Crippen LogP contribution in [-0.4, -0.2) is 31.4 Å². The summed E-state index contributed by atoms with van der Waals surface area (Å²) in [6, 6.07) is 12.6. The van der Waals surface area contributed by atoms with Crippen LogP contribution in [-0.2, 0) is 0 Å². The quantitative estimate of drug-likeness (QED) is 0.529. The Kier molecular flexibility index (Phi) is 4.47. The van der Waals surface area contributed by atoms with Crippen molar-refractivity contribution in [1.82, 2.24) is 4.98 Å². The fraction of sp³-hybridized carbons (Fsp3) is 0.182. The maximum Gasteiger partial charge on any atom is 0.238 e. The number of benzene rings is 2. The highest BCUT2D eigenvalue weighted by atomic mass is 19.1. The van der Waals surface area contributed by atoms with Crippen molar-refractivity contribution in [3.8, 4) is 28.3 Å². The first-order chi connectivity index (χ1) is 13.5. The normalized spacial score (nSPS) is 13.0. The van der Waals surface area contributed by atoms with Gasteiger partial charge in [-0.25, -0.2) is 9.37 Å². The van der Waals surface area contributed by atoms with Crippen LogP contribution < -0.4 is 15.4 Å². The lowest BCUT2D eigenvalue weighted by molar-refractivity contribution is 0.299. The van der Waals surface area contributed by atoms with Gasteiger partial charge in [-0.15, -0.1) is 0 Å². The van der Waals surface area contributed by atoms with E-state index in [0.717, 1.165) is 28.9 Å². The van der Waals surface area contributed by atoms with Crippen LogP contribution in [0.5, 0.6) is 5.88 Å². The summed E-state index contributed by atoms with van der Waals surface area (Å²) in [7, 11) is 2.00. The molecule has 0 aliphatic carbocycles. The zero-order chi connectivity index (χ0) is 19.8. The van der Waals surface area contributed by atoms with Gasteiger partial charge in [0.2, 0.25) is 5.88 Å². The maximum atomic E-state index is 13.8. The van der Waals surface area contributed by atoms with Gasteiger partial charge in [-0.3, -0.25) is 0 Å². The maximum absolute atomic E-state index is 13.8. The molecule has 0 spiro atoms. The SMILES string of the molecule is Cc1cc(-c2nc3c(cc2-c2ccc(N)c(C=N)c2)N(C)CCO3)ccc1F. The third-order valence-corrected chi connectivity index (χ3v) is 5.03. The number of nitrogens with one attached hydrogen (secondary N) is 1. The van der Waals surface area contributed by atoms with Gasteiger partial charge in [0.1, 0.15) is 18.1 Å². The number of hydrogen-bond donors (Lipinski definition) is 2. The molecule has 1 aliphatic heterocycles. The van der Waals surface area contributed by atoms with Crippen LogP contribution in [0.4, 0.5) is 15.8 Å². The summed E-state index contributed by atoms with van der Waals surface area (Å²) < 4.78 is 19.6. The predicted octanol–water partition coefficient (Wildman–Crippen LogP) is 4.27. The number of aromatic nitrogens is 1. The van der Waals surface area contributed by atoms with Gasteiger partial charge in [0.05, 0.1) is 12.2 Å². The Bertz CT molecular complexity index is 1080. The van der Waals surface area contributed by atoms with Crippen molar-refractivity contribution in [2.75, 3.05) is 30.8 Å². The molecule has 0 radical (unpaired) electrons. The third-order valence-electron chi connectivity index (χ3n) is 5.03. The first-order valence-corrected chi connectivity index (χ1v) is 9.04. The van der Waals surface area contributed by atoms with Crippen LogP contribution in [0.1, 0.15) is 11.1 Å². The molecular formula is C22H21FN4O. The van der Waals surface area contributed by atoms with Crippen LogP contribution >= 0.6 is 0 Å². The van der Waals surface area contributed by atoms with E-state index in [2.05, 4.69) is 4.90 Å². The molecule has 0 unspecified atom stereocenters. The summed E-state index contributed by atoms with van der Waals surface area (Å²) in [5.41, 5.74) is 11.9. The largest absolute Gasteiger partial charge is 0.474 e. The van der Waals surface area contributed by atoms with E-state index in [1.165, 1.54) is 12.3 Å². The number of nitrogen functional groups attached to an aromatic ring is 1. The number of likely N-dealkylation sites (N-methyl/N-ethyl adjacent to an activating group) is 1. The Hall–Kier alpha value is -3.41. The zero-order valence-corrected chi connectivity index (χ0v) is 15.8. The lowest BCUT2D eigenvalue weighted by Crippen LogP contribution is -2.29. The lowest BCUT2D eigenvalue weighted by Gasteiger charge is -2.28. The van der Waals surface area contributed by atoms with E-state index < -0.39 is 0 Å². The molecule has 6 heteroatoms. The number of fused-ring (bicyclic) bond motifs is 1. The fourth-order valence-electron chi connectivity index (χ4n) is 3.36. The highest BCUT2D eigenvalue weighted by molar-refractivity contribution is 5.91. The van der Waals surface area contributed by atoms with Crippen LogP contribution in [0.25, 0.3) is 22.4 Å². The molecule has 0 saturated carbocycles. The Balaban J connectivity index is 1.98. The summed E-state index contributed by atoms with van der Waals surface area (Å²) in [6.07, 6.45) is 1.24. The molecule has 4 rings (SSSR count). The second-order valence-electron chi connectivity index (χ2n) is 6.93. The number of nitrogens with zero attached hydrogens (tertiary/aromatic N) is 2. The highest BCUT2D eigenvalue weighted by Crippen LogP contribution is 2.40. The van der Waals surface area contributed by atoms with Crippen LogP contribution in [0.3, 0.4) is 0 Å². The van der Waals surface area contributed by atoms with Gasteiger partial charge in [-0.2, -0.15) is 0 Å². The summed E-state index contributed by atoms with van der Waals surface area (Å²) in [6.45, 7) is 3.08. The standard InChI is InChI=1S/C22H21FN4O/c1-13-9-15(3-5-18(13)23)21-17(14-4-6-19(25)16(10-14)12-24)11-20-22(26-21)28-8-7-27(20)2/h3-6,9-12,24H,7-8,25H2,1-2H3. The van der Waals surface area contributed by atoms with Crippen molar-refractivity contribution >= 4 is 17.6 Å². The second kappa shape index (κ2) is 6.96. The first-order valence-electron chi connectivity index (χ1n) is 9.04. The van der Waals surface area contributed by atoms with E-state index in [0.29, 0.717) is 35.0 Å². The summed E-state index contributed by atoms with van der Waals surface area (Å²) in [5, 5.41) is 7.61. The molecule has 28 heavy (non-hydrogen) atoms. The van der Waals surface area contributed by atoms with Crippen molar-refractivity contribution in [1.29, 1.82) is 5.41 Å². The molecule has 2 aromatic carbocycles. The van der Waals surface area contributed by atoms with Gasteiger partial charge in [0.25, 0.3) is 0 Å². The number of rotatable bonds is 3. The van der Waals surface area contributed by atoms with E-state index >= 15 is 0 Å². The number of hydrogen-bond acceptors (Lipinski definition) is 5. The molecule has 0 amide bonds. The molecule has 1 aromatic heterocycles. The number of nitrogens with two attached hydrogens (primary N) is 1. The molecule has 0 atom stereocenters. The van der Waals surface area contributed by atoms with Gasteiger partial charge in [-0.05, 0) is 54.4 Å². The number of halogens is 1. The Morgan fingerprint density at radius 3 is 2.71 bits per heavy atom. The number of ether oxygens (including phenoxy) is 1. The minimum Gasteiger partial charge on any atom is -0.474 e. The van der Waals surface area contributed by atoms with Gasteiger partial charge in [0, 0.05) is 35.6 Å². The minimum atomic E-state index is -0.252. The van der Waals surface area contributed by atoms with Crippen LogP contribution in [0.15, 0.2) is 42.5 Å². The summed E-state index contributed by atoms with van der Waals surface area (Å²) in [4.78, 5) is 6.89. The average Bonchev–Trinajstić information content (AvgIpc) is 2.70. The average molecular weight is 376 g/mol. The zero-order valence-electron chi connectivity index (χ0n) is 15.8. The monoisotopic (exact) mass is 376 g/mol. The Morgan fingerprint density at radius 1 is 1.18 bits per heavy atom. The van der Waals surface area contributed by atoms with Crippen molar-refractivity contribution < 1.29 is 9.13 Å². The van der Waals surface area contributed by atoms with E-state index in [4.69, 9.17) is 20.9 Å². The molecule has 1 aliphatic rings. The van der Waals surface area contributed by atoms with Crippen LogP contribution in [0, 0.1) is 18.2 Å². The molecular weight excluding hydrogens is 355 g/mol. The van der Waals surface area contributed by atoms with Gasteiger partial charge >= 0.3 is 0 Å². The van der Waals surface area contributed by atoms with E-state index in [1.807, 2.05) is 25.2 Å². The summed E-state index contributed by atoms with van der Waals surface area (Å²) in [5.74, 6) is 0.315. The Labute approximate surface area is 163 Å². The van der Waals surface area contributed by atoms with E-state index in [9.17, 15) is 4.39 Å².